The second-order valence-corrected chi connectivity index (χ2v) is 5.13. The summed E-state index contributed by atoms with van der Waals surface area (Å²) in [5.41, 5.74) is 0.686. The molecule has 1 amide bonds. The molecule has 2 aromatic heterocycles. The number of hydrogen-bond donors (Lipinski definition) is 4. The van der Waals surface area contributed by atoms with Crippen LogP contribution >= 0.6 is 0 Å². The molecule has 24 heavy (non-hydrogen) atoms. The third-order valence-corrected chi connectivity index (χ3v) is 3.44. The maximum Gasteiger partial charge on any atom is 0.266 e. The first-order valence-corrected chi connectivity index (χ1v) is 7.15. The van der Waals surface area contributed by atoms with Gasteiger partial charge in [-0.3, -0.25) is 24.6 Å². The van der Waals surface area contributed by atoms with Crippen LogP contribution in [0.5, 0.6) is 5.75 Å². The molecule has 9 nitrogen and oxygen atoms in total. The van der Waals surface area contributed by atoms with Crippen molar-refractivity contribution in [3.63, 3.8) is 0 Å². The van der Waals surface area contributed by atoms with Crippen molar-refractivity contribution in [2.75, 3.05) is 7.11 Å². The predicted octanol–water partition coefficient (Wildman–Crippen LogP) is -0.193. The van der Waals surface area contributed by atoms with Gasteiger partial charge in [-0.25, -0.2) is 4.98 Å². The summed E-state index contributed by atoms with van der Waals surface area (Å²) in [7, 11) is 1.58. The molecular weight excluding hydrogens is 314 g/mol. The zero-order chi connectivity index (χ0) is 17.1. The van der Waals surface area contributed by atoms with Crippen LogP contribution in [-0.4, -0.2) is 33.2 Å². The number of hydrogen-bond acceptors (Lipinski definition) is 5. The summed E-state index contributed by atoms with van der Waals surface area (Å²) in [5.74, 6) is 0.894. The Morgan fingerprint density at radius 1 is 1.25 bits per heavy atom. The van der Waals surface area contributed by atoms with Crippen molar-refractivity contribution in [3.05, 3.63) is 56.4 Å². The minimum Gasteiger partial charge on any atom is -0.497 e. The minimum absolute atomic E-state index is 0.102. The Balaban J connectivity index is 1.66. The summed E-state index contributed by atoms with van der Waals surface area (Å²) in [4.78, 5) is 42.1. The van der Waals surface area contributed by atoms with Crippen LogP contribution in [0.3, 0.4) is 0 Å². The number of aromatic nitrogens is 4. The SMILES string of the molecule is COc1ccc2nc(CNC(=O)Cc3cc(=O)[nH][nH]c3=O)[nH]c2c1. The predicted molar refractivity (Wildman–Crippen MR) is 85.9 cm³/mol. The summed E-state index contributed by atoms with van der Waals surface area (Å²) in [5, 5.41) is 6.97. The molecule has 3 aromatic rings. The van der Waals surface area contributed by atoms with Crippen molar-refractivity contribution in [1.82, 2.24) is 25.5 Å². The van der Waals surface area contributed by atoms with E-state index >= 15 is 0 Å². The van der Waals surface area contributed by atoms with E-state index < -0.39 is 11.1 Å². The maximum absolute atomic E-state index is 11.9. The maximum atomic E-state index is 11.9. The average Bonchev–Trinajstić information content (AvgIpc) is 2.98. The van der Waals surface area contributed by atoms with E-state index in [-0.39, 0.29) is 24.4 Å². The molecule has 0 unspecified atom stereocenters. The van der Waals surface area contributed by atoms with Gasteiger partial charge in [0.15, 0.2) is 0 Å². The largest absolute Gasteiger partial charge is 0.497 e. The molecule has 124 valence electrons. The summed E-state index contributed by atoms with van der Waals surface area (Å²) in [6.45, 7) is 0.178. The Morgan fingerprint density at radius 3 is 2.88 bits per heavy atom. The number of carbonyl (C=O) groups is 1. The zero-order valence-corrected chi connectivity index (χ0v) is 12.8. The molecule has 0 radical (unpaired) electrons. The fourth-order valence-corrected chi connectivity index (χ4v) is 2.26. The van der Waals surface area contributed by atoms with Crippen LogP contribution in [0, 0.1) is 0 Å². The van der Waals surface area contributed by atoms with Crippen LogP contribution in [0.25, 0.3) is 11.0 Å². The van der Waals surface area contributed by atoms with E-state index in [1.807, 2.05) is 12.1 Å². The van der Waals surface area contributed by atoms with Gasteiger partial charge in [-0.05, 0) is 12.1 Å². The highest BCUT2D eigenvalue weighted by Gasteiger charge is 2.09. The summed E-state index contributed by atoms with van der Waals surface area (Å²) >= 11 is 0. The summed E-state index contributed by atoms with van der Waals surface area (Å²) < 4.78 is 5.14. The van der Waals surface area contributed by atoms with Gasteiger partial charge < -0.3 is 15.0 Å². The monoisotopic (exact) mass is 329 g/mol. The molecule has 0 aliphatic carbocycles. The lowest BCUT2D eigenvalue weighted by Crippen LogP contribution is -2.30. The molecule has 0 saturated heterocycles. The van der Waals surface area contributed by atoms with Crippen LogP contribution < -0.4 is 21.2 Å². The van der Waals surface area contributed by atoms with Crippen LogP contribution in [0.1, 0.15) is 11.4 Å². The van der Waals surface area contributed by atoms with Gasteiger partial charge in [-0.1, -0.05) is 0 Å². The van der Waals surface area contributed by atoms with Crippen molar-refractivity contribution < 1.29 is 9.53 Å². The van der Waals surface area contributed by atoms with Gasteiger partial charge >= 0.3 is 0 Å². The van der Waals surface area contributed by atoms with Gasteiger partial charge in [-0.15, -0.1) is 0 Å². The summed E-state index contributed by atoms with van der Waals surface area (Å²) in [6.07, 6.45) is -0.187. The second kappa shape index (κ2) is 6.41. The van der Waals surface area contributed by atoms with Crippen molar-refractivity contribution >= 4 is 16.9 Å². The molecule has 1 aromatic carbocycles. The first kappa shape index (κ1) is 15.5. The molecule has 2 heterocycles. The molecule has 3 rings (SSSR count). The fourth-order valence-electron chi connectivity index (χ4n) is 2.26. The standard InChI is InChI=1S/C15H15N5O4/c1-24-9-2-3-10-11(6-9)18-12(17-10)7-16-13(21)4-8-5-14(22)19-20-15(8)23/h2-3,5-6H,4,7H2,1H3,(H,16,21)(H,17,18)(H,19,22)(H,20,23). The van der Waals surface area contributed by atoms with E-state index in [0.717, 1.165) is 17.1 Å². The Hall–Kier alpha value is -3.36. The molecule has 0 aliphatic heterocycles. The van der Waals surface area contributed by atoms with E-state index in [9.17, 15) is 14.4 Å². The number of carbonyl (C=O) groups excluding carboxylic acids is 1. The number of amides is 1. The van der Waals surface area contributed by atoms with E-state index in [1.54, 1.807) is 13.2 Å². The van der Waals surface area contributed by atoms with Gasteiger partial charge in [0.05, 0.1) is 31.1 Å². The molecule has 0 aliphatic rings. The number of imidazole rings is 1. The van der Waals surface area contributed by atoms with Crippen molar-refractivity contribution in [3.8, 4) is 5.75 Å². The van der Waals surface area contributed by atoms with Crippen LogP contribution in [-0.2, 0) is 17.8 Å². The Bertz CT molecular complexity index is 1000. The first-order chi connectivity index (χ1) is 11.5. The third kappa shape index (κ3) is 3.35. The molecule has 0 bridgehead atoms. The van der Waals surface area contributed by atoms with Crippen LogP contribution in [0.4, 0.5) is 0 Å². The lowest BCUT2D eigenvalue weighted by molar-refractivity contribution is -0.120. The number of aromatic amines is 3. The molecular formula is C15H15N5O4. The van der Waals surface area contributed by atoms with E-state index in [1.165, 1.54) is 0 Å². The number of ether oxygens (including phenoxy) is 1. The highest BCUT2D eigenvalue weighted by Crippen LogP contribution is 2.18. The lowest BCUT2D eigenvalue weighted by atomic mass is 10.2. The number of rotatable bonds is 5. The number of nitrogens with one attached hydrogen (secondary N) is 4. The Labute approximate surface area is 135 Å². The van der Waals surface area contributed by atoms with Crippen molar-refractivity contribution in [2.45, 2.75) is 13.0 Å². The molecule has 0 saturated carbocycles. The summed E-state index contributed by atoms with van der Waals surface area (Å²) in [6, 6.07) is 6.52. The number of benzene rings is 1. The van der Waals surface area contributed by atoms with E-state index in [2.05, 4.69) is 25.5 Å². The number of fused-ring (bicyclic) bond motifs is 1. The molecule has 4 N–H and O–H groups in total. The molecule has 0 fully saturated rings. The minimum atomic E-state index is -0.499. The number of methoxy groups -OCH3 is 1. The Kier molecular flexibility index (Phi) is 4.15. The van der Waals surface area contributed by atoms with Crippen LogP contribution in [0.15, 0.2) is 33.9 Å². The van der Waals surface area contributed by atoms with Gasteiger partial charge in [-0.2, -0.15) is 0 Å². The van der Waals surface area contributed by atoms with Crippen LogP contribution in [0.2, 0.25) is 0 Å². The van der Waals surface area contributed by atoms with Gasteiger partial charge in [0, 0.05) is 17.7 Å². The fraction of sp³-hybridized carbons (Fsp3) is 0.200. The number of H-pyrrole nitrogens is 3. The average molecular weight is 329 g/mol. The Morgan fingerprint density at radius 2 is 2.08 bits per heavy atom. The van der Waals surface area contributed by atoms with Gasteiger partial charge in [0.2, 0.25) is 5.91 Å². The van der Waals surface area contributed by atoms with E-state index in [0.29, 0.717) is 11.6 Å². The normalized spacial score (nSPS) is 10.7. The molecule has 9 heteroatoms. The highest BCUT2D eigenvalue weighted by molar-refractivity contribution is 5.79. The quantitative estimate of drug-likeness (QED) is 0.515. The topological polar surface area (TPSA) is 133 Å². The lowest BCUT2D eigenvalue weighted by Gasteiger charge is -2.02. The smallest absolute Gasteiger partial charge is 0.266 e. The highest BCUT2D eigenvalue weighted by atomic mass is 16.5. The first-order valence-electron chi connectivity index (χ1n) is 7.15. The third-order valence-electron chi connectivity index (χ3n) is 3.44. The van der Waals surface area contributed by atoms with Gasteiger partial charge in [0.1, 0.15) is 11.6 Å². The van der Waals surface area contributed by atoms with Crippen molar-refractivity contribution in [2.24, 2.45) is 0 Å². The molecule has 0 atom stereocenters. The van der Waals surface area contributed by atoms with E-state index in [4.69, 9.17) is 4.74 Å². The van der Waals surface area contributed by atoms with Gasteiger partial charge in [0.25, 0.3) is 11.1 Å². The van der Waals surface area contributed by atoms with Crippen molar-refractivity contribution in [1.29, 1.82) is 0 Å². The number of nitrogens with zero attached hydrogens (tertiary/aromatic N) is 1. The molecule has 0 spiro atoms. The second-order valence-electron chi connectivity index (χ2n) is 5.13. The zero-order valence-electron chi connectivity index (χ0n) is 12.8.